The standard InChI is InChI=1S/C14H17NO4S2/c1-9-4-2-6-11-13(9)15-14(20-11)21(17,18)8-10-5-3-7-12(16)19-10/h2,4,6,9-10,13H,3,5,7-8H2,1H3. The van der Waals surface area contributed by atoms with Gasteiger partial charge in [0, 0.05) is 17.2 Å². The number of nitrogens with zero attached hydrogens (tertiary/aromatic N) is 1. The fourth-order valence-corrected chi connectivity index (χ4v) is 5.70. The van der Waals surface area contributed by atoms with E-state index in [1.54, 1.807) is 0 Å². The van der Waals surface area contributed by atoms with Gasteiger partial charge in [-0.3, -0.25) is 9.79 Å². The number of hydrogen-bond donors (Lipinski definition) is 0. The van der Waals surface area contributed by atoms with Crippen LogP contribution in [0, 0.1) is 5.92 Å². The third-order valence-corrected chi connectivity index (χ3v) is 7.14. The molecule has 0 spiro atoms. The zero-order valence-electron chi connectivity index (χ0n) is 11.7. The van der Waals surface area contributed by atoms with Gasteiger partial charge in [-0.25, -0.2) is 8.42 Å². The van der Waals surface area contributed by atoms with Gasteiger partial charge in [-0.2, -0.15) is 0 Å². The van der Waals surface area contributed by atoms with Crippen molar-refractivity contribution in [1.29, 1.82) is 0 Å². The highest BCUT2D eigenvalue weighted by Gasteiger charge is 2.37. The number of rotatable bonds is 2. The van der Waals surface area contributed by atoms with Gasteiger partial charge in [-0.05, 0) is 12.8 Å². The van der Waals surface area contributed by atoms with Gasteiger partial charge in [0.2, 0.25) is 9.84 Å². The molecule has 0 aromatic rings. The number of carbonyl (C=O) groups excluding carboxylic acids is 1. The maximum atomic E-state index is 12.5. The van der Waals surface area contributed by atoms with E-state index in [1.165, 1.54) is 11.8 Å². The molecule has 21 heavy (non-hydrogen) atoms. The maximum Gasteiger partial charge on any atom is 0.306 e. The van der Waals surface area contributed by atoms with E-state index in [4.69, 9.17) is 4.74 Å². The van der Waals surface area contributed by atoms with Crippen LogP contribution in [0.25, 0.3) is 0 Å². The largest absolute Gasteiger partial charge is 0.461 e. The van der Waals surface area contributed by atoms with Crippen molar-refractivity contribution in [3.8, 4) is 0 Å². The second-order valence-electron chi connectivity index (χ2n) is 5.54. The van der Waals surface area contributed by atoms with Gasteiger partial charge in [0.15, 0.2) is 4.38 Å². The number of cyclic esters (lactones) is 1. The number of allylic oxidation sites excluding steroid dienone is 2. The first kappa shape index (κ1) is 14.8. The second-order valence-corrected chi connectivity index (χ2v) is 8.81. The Hall–Kier alpha value is -1.08. The van der Waals surface area contributed by atoms with Crippen molar-refractivity contribution in [2.75, 3.05) is 5.75 Å². The number of thioether (sulfide) groups is 1. The van der Waals surface area contributed by atoms with Crippen LogP contribution in [-0.2, 0) is 19.4 Å². The lowest BCUT2D eigenvalue weighted by Crippen LogP contribution is -2.32. The van der Waals surface area contributed by atoms with Crippen molar-refractivity contribution >= 4 is 31.9 Å². The summed E-state index contributed by atoms with van der Waals surface area (Å²) < 4.78 is 30.2. The minimum Gasteiger partial charge on any atom is -0.461 e. The van der Waals surface area contributed by atoms with Crippen LogP contribution in [0.1, 0.15) is 26.2 Å². The van der Waals surface area contributed by atoms with E-state index < -0.39 is 15.9 Å². The molecule has 2 heterocycles. The highest BCUT2D eigenvalue weighted by molar-refractivity contribution is 8.37. The van der Waals surface area contributed by atoms with Crippen molar-refractivity contribution in [2.45, 2.75) is 38.3 Å². The minimum atomic E-state index is -3.50. The molecule has 1 saturated heterocycles. The second kappa shape index (κ2) is 5.61. The molecule has 7 heteroatoms. The van der Waals surface area contributed by atoms with Gasteiger partial charge in [-0.1, -0.05) is 36.9 Å². The van der Waals surface area contributed by atoms with Crippen LogP contribution in [0.2, 0.25) is 0 Å². The fraction of sp³-hybridized carbons (Fsp3) is 0.571. The molecule has 0 aromatic carbocycles. The Bertz CT molecular complexity index is 648. The molecule has 3 atom stereocenters. The van der Waals surface area contributed by atoms with Gasteiger partial charge >= 0.3 is 5.97 Å². The summed E-state index contributed by atoms with van der Waals surface area (Å²) in [6.07, 6.45) is 7.02. The average molecular weight is 327 g/mol. The number of esters is 1. The van der Waals surface area contributed by atoms with Crippen molar-refractivity contribution in [3.05, 3.63) is 23.1 Å². The SMILES string of the molecule is CC1C=CC=C2SC(S(=O)(=O)CC3CCCC(=O)O3)=NC21. The third kappa shape index (κ3) is 3.08. The number of ether oxygens (including phenoxy) is 1. The van der Waals surface area contributed by atoms with Gasteiger partial charge in [0.05, 0.1) is 11.8 Å². The number of sulfone groups is 1. The summed E-state index contributed by atoms with van der Waals surface area (Å²) in [5.74, 6) is -0.263. The van der Waals surface area contributed by atoms with Crippen LogP contribution in [0.4, 0.5) is 0 Å². The Balaban J connectivity index is 1.74. The van der Waals surface area contributed by atoms with E-state index in [0.29, 0.717) is 19.3 Å². The van der Waals surface area contributed by atoms with Gasteiger partial charge in [0.1, 0.15) is 6.10 Å². The molecule has 0 bridgehead atoms. The first-order valence-electron chi connectivity index (χ1n) is 7.02. The van der Waals surface area contributed by atoms with Gasteiger partial charge in [0.25, 0.3) is 0 Å². The molecular weight excluding hydrogens is 310 g/mol. The normalized spacial score (nSPS) is 32.2. The van der Waals surface area contributed by atoms with Crippen LogP contribution >= 0.6 is 11.8 Å². The van der Waals surface area contributed by atoms with Crippen molar-refractivity contribution in [3.63, 3.8) is 0 Å². The summed E-state index contributed by atoms with van der Waals surface area (Å²) >= 11 is 1.23. The molecule has 3 aliphatic rings. The summed E-state index contributed by atoms with van der Waals surface area (Å²) in [6, 6.07) is -0.0846. The lowest BCUT2D eigenvalue weighted by molar-refractivity contribution is -0.152. The first-order valence-corrected chi connectivity index (χ1v) is 9.49. The molecule has 3 rings (SSSR count). The highest BCUT2D eigenvalue weighted by Crippen LogP contribution is 2.39. The smallest absolute Gasteiger partial charge is 0.306 e. The average Bonchev–Trinajstić information content (AvgIpc) is 2.84. The van der Waals surface area contributed by atoms with E-state index in [2.05, 4.69) is 4.99 Å². The monoisotopic (exact) mass is 327 g/mol. The molecule has 3 unspecified atom stereocenters. The van der Waals surface area contributed by atoms with Crippen molar-refractivity contribution in [1.82, 2.24) is 0 Å². The highest BCUT2D eigenvalue weighted by atomic mass is 32.3. The summed E-state index contributed by atoms with van der Waals surface area (Å²) in [5, 5.41) is 0. The van der Waals surface area contributed by atoms with Gasteiger partial charge in [-0.15, -0.1) is 0 Å². The van der Waals surface area contributed by atoms with Crippen LogP contribution in [-0.4, -0.2) is 36.7 Å². The Labute approximate surface area is 128 Å². The molecular formula is C14H17NO4S2. The predicted octanol–water partition coefficient (Wildman–Crippen LogP) is 2.06. The van der Waals surface area contributed by atoms with Gasteiger partial charge < -0.3 is 4.74 Å². The zero-order valence-corrected chi connectivity index (χ0v) is 13.3. The Morgan fingerprint density at radius 1 is 1.48 bits per heavy atom. The summed E-state index contributed by atoms with van der Waals surface area (Å²) in [4.78, 5) is 16.6. The number of hydrogen-bond acceptors (Lipinski definition) is 6. The molecule has 0 N–H and O–H groups in total. The quantitative estimate of drug-likeness (QED) is 0.726. The zero-order chi connectivity index (χ0) is 15.0. The van der Waals surface area contributed by atoms with Crippen LogP contribution in [0.15, 0.2) is 28.1 Å². The fourth-order valence-electron chi connectivity index (χ4n) is 2.66. The number of aliphatic imine (C=N–C) groups is 1. The van der Waals surface area contributed by atoms with E-state index in [0.717, 1.165) is 4.91 Å². The molecule has 2 aliphatic heterocycles. The summed E-state index contributed by atoms with van der Waals surface area (Å²) in [6.45, 7) is 2.02. The first-order chi connectivity index (χ1) is 9.95. The van der Waals surface area contributed by atoms with E-state index in [9.17, 15) is 13.2 Å². The van der Waals surface area contributed by atoms with Crippen molar-refractivity contribution in [2.24, 2.45) is 10.9 Å². The molecule has 0 radical (unpaired) electrons. The Morgan fingerprint density at radius 3 is 3.00 bits per heavy atom. The molecule has 1 aliphatic carbocycles. The predicted molar refractivity (Wildman–Crippen MR) is 82.7 cm³/mol. The molecule has 5 nitrogen and oxygen atoms in total. The maximum absolute atomic E-state index is 12.5. The third-order valence-electron chi connectivity index (χ3n) is 3.79. The van der Waals surface area contributed by atoms with Crippen LogP contribution in [0.5, 0.6) is 0 Å². The number of fused-ring (bicyclic) bond motifs is 1. The topological polar surface area (TPSA) is 72.8 Å². The molecule has 0 amide bonds. The summed E-state index contributed by atoms with van der Waals surface area (Å²) in [7, 11) is -3.50. The van der Waals surface area contributed by atoms with Crippen LogP contribution in [0.3, 0.4) is 0 Å². The van der Waals surface area contributed by atoms with E-state index in [1.807, 2.05) is 25.2 Å². The lowest BCUT2D eigenvalue weighted by Gasteiger charge is -2.21. The number of carbonyl (C=O) groups is 1. The Kier molecular flexibility index (Phi) is 3.96. The molecule has 114 valence electrons. The Morgan fingerprint density at radius 2 is 2.29 bits per heavy atom. The lowest BCUT2D eigenvalue weighted by atomic mass is 9.98. The van der Waals surface area contributed by atoms with Crippen LogP contribution < -0.4 is 0 Å². The van der Waals surface area contributed by atoms with Crippen molar-refractivity contribution < 1.29 is 17.9 Å². The minimum absolute atomic E-state index is 0.0846. The van der Waals surface area contributed by atoms with E-state index >= 15 is 0 Å². The summed E-state index contributed by atoms with van der Waals surface area (Å²) in [5.41, 5.74) is 0. The van der Waals surface area contributed by atoms with E-state index in [-0.39, 0.29) is 28.1 Å². The molecule has 1 fully saturated rings. The molecule has 0 saturated carbocycles. The molecule has 0 aromatic heterocycles.